The molecule has 0 bridgehead atoms. The summed E-state index contributed by atoms with van der Waals surface area (Å²) in [5.41, 5.74) is 3.48. The van der Waals surface area contributed by atoms with Crippen LogP contribution in [-0.2, 0) is 0 Å². The Hall–Kier alpha value is -2.40. The number of fused-ring (bicyclic) bond motifs is 2. The van der Waals surface area contributed by atoms with Gasteiger partial charge in [-0.3, -0.25) is 4.79 Å². The number of carbonyl (C=O) groups excluding carboxylic acids is 1. The summed E-state index contributed by atoms with van der Waals surface area (Å²) >= 11 is 13.6. The van der Waals surface area contributed by atoms with E-state index >= 15 is 0 Å². The molecule has 0 radical (unpaired) electrons. The molecule has 0 fully saturated rings. The molecule has 3 nitrogen and oxygen atoms in total. The SMILES string of the molecule is O=C(N/N=C\c1cccc2ccccc12)c1sc2cc(Cl)ccc2c1Cl. The van der Waals surface area contributed by atoms with E-state index in [1.807, 2.05) is 48.5 Å². The van der Waals surface area contributed by atoms with Crippen LogP contribution in [0.3, 0.4) is 0 Å². The predicted octanol–water partition coefficient (Wildman–Crippen LogP) is 6.13. The van der Waals surface area contributed by atoms with Gasteiger partial charge in [-0.05, 0) is 22.9 Å². The highest BCUT2D eigenvalue weighted by molar-refractivity contribution is 7.21. The summed E-state index contributed by atoms with van der Waals surface area (Å²) in [6.45, 7) is 0. The zero-order valence-electron chi connectivity index (χ0n) is 13.4. The molecule has 4 aromatic rings. The Labute approximate surface area is 163 Å². The van der Waals surface area contributed by atoms with Gasteiger partial charge in [-0.2, -0.15) is 5.10 Å². The zero-order valence-corrected chi connectivity index (χ0v) is 15.7. The van der Waals surface area contributed by atoms with Crippen molar-refractivity contribution in [2.45, 2.75) is 0 Å². The first-order chi connectivity index (χ1) is 12.6. The minimum Gasteiger partial charge on any atom is -0.266 e. The van der Waals surface area contributed by atoms with Gasteiger partial charge in [-0.25, -0.2) is 5.43 Å². The van der Waals surface area contributed by atoms with E-state index in [9.17, 15) is 4.79 Å². The molecule has 1 N–H and O–H groups in total. The highest BCUT2D eigenvalue weighted by Crippen LogP contribution is 2.36. The Kier molecular flexibility index (Phi) is 4.64. The van der Waals surface area contributed by atoms with Crippen LogP contribution in [0.15, 0.2) is 65.8 Å². The molecular formula is C20H12Cl2N2OS. The highest BCUT2D eigenvalue weighted by atomic mass is 35.5. The third-order valence-electron chi connectivity index (χ3n) is 3.99. The van der Waals surface area contributed by atoms with Crippen LogP contribution in [-0.4, -0.2) is 12.1 Å². The number of nitrogens with one attached hydrogen (secondary N) is 1. The van der Waals surface area contributed by atoms with Gasteiger partial charge in [0.25, 0.3) is 5.91 Å². The van der Waals surface area contributed by atoms with Crippen LogP contribution >= 0.6 is 34.5 Å². The number of benzene rings is 3. The average molecular weight is 399 g/mol. The Balaban J connectivity index is 1.59. The van der Waals surface area contributed by atoms with Crippen LogP contribution in [0.4, 0.5) is 0 Å². The summed E-state index contributed by atoms with van der Waals surface area (Å²) in [5.74, 6) is -0.344. The maximum atomic E-state index is 12.4. The molecule has 0 spiro atoms. The van der Waals surface area contributed by atoms with Gasteiger partial charge in [0.05, 0.1) is 11.2 Å². The van der Waals surface area contributed by atoms with Crippen LogP contribution in [0.5, 0.6) is 0 Å². The molecule has 0 unspecified atom stereocenters. The smallest absolute Gasteiger partial charge is 0.266 e. The molecule has 0 aliphatic heterocycles. The van der Waals surface area contributed by atoms with Gasteiger partial charge in [0.1, 0.15) is 4.88 Å². The van der Waals surface area contributed by atoms with E-state index in [-0.39, 0.29) is 5.91 Å². The molecule has 3 aromatic carbocycles. The van der Waals surface area contributed by atoms with Crippen LogP contribution in [0, 0.1) is 0 Å². The molecule has 0 atom stereocenters. The first-order valence-corrected chi connectivity index (χ1v) is 9.39. The van der Waals surface area contributed by atoms with Gasteiger partial charge in [0.15, 0.2) is 0 Å². The van der Waals surface area contributed by atoms with Crippen LogP contribution < -0.4 is 5.43 Å². The molecule has 4 rings (SSSR count). The standard InChI is InChI=1S/C20H12Cl2N2OS/c21-14-8-9-16-17(10-14)26-19(18(16)22)20(25)24-23-11-13-6-3-5-12-4-1-2-7-15(12)13/h1-11H,(H,24,25)/b23-11-. The van der Waals surface area contributed by atoms with Crippen molar-refractivity contribution in [2.24, 2.45) is 5.10 Å². The minimum absolute atomic E-state index is 0.344. The van der Waals surface area contributed by atoms with E-state index < -0.39 is 0 Å². The number of thiophene rings is 1. The number of halogens is 2. The maximum Gasteiger partial charge on any atom is 0.283 e. The molecule has 1 heterocycles. The van der Waals surface area contributed by atoms with Crippen LogP contribution in [0.1, 0.15) is 15.2 Å². The predicted molar refractivity (Wildman–Crippen MR) is 111 cm³/mol. The molecule has 0 aliphatic carbocycles. The summed E-state index contributed by atoms with van der Waals surface area (Å²) < 4.78 is 0.866. The van der Waals surface area contributed by atoms with Crippen molar-refractivity contribution in [1.82, 2.24) is 5.43 Å². The third-order valence-corrected chi connectivity index (χ3v) is 5.88. The fourth-order valence-corrected chi connectivity index (χ4v) is 4.44. The molecular weight excluding hydrogens is 387 g/mol. The lowest BCUT2D eigenvalue weighted by Gasteiger charge is -2.01. The van der Waals surface area contributed by atoms with Gasteiger partial charge >= 0.3 is 0 Å². The van der Waals surface area contributed by atoms with E-state index in [1.54, 1.807) is 18.3 Å². The number of amides is 1. The lowest BCUT2D eigenvalue weighted by atomic mass is 10.1. The molecule has 0 saturated heterocycles. The first-order valence-electron chi connectivity index (χ1n) is 7.82. The molecule has 1 amide bonds. The summed E-state index contributed by atoms with van der Waals surface area (Å²) in [5, 5.41) is 8.12. The molecule has 128 valence electrons. The second-order valence-corrected chi connectivity index (χ2v) is 7.52. The van der Waals surface area contributed by atoms with E-state index in [4.69, 9.17) is 23.2 Å². The van der Waals surface area contributed by atoms with Crippen LogP contribution in [0.25, 0.3) is 20.9 Å². The van der Waals surface area contributed by atoms with Crippen LogP contribution in [0.2, 0.25) is 10.0 Å². The number of hydrogen-bond acceptors (Lipinski definition) is 3. The number of hydrogen-bond donors (Lipinski definition) is 1. The average Bonchev–Trinajstić information content (AvgIpc) is 2.98. The monoisotopic (exact) mass is 398 g/mol. The van der Waals surface area contributed by atoms with E-state index in [0.29, 0.717) is 14.9 Å². The molecule has 1 aromatic heterocycles. The van der Waals surface area contributed by atoms with Crippen molar-refractivity contribution >= 4 is 67.5 Å². The van der Waals surface area contributed by atoms with Crippen molar-refractivity contribution in [3.05, 3.63) is 81.1 Å². The number of hydrazone groups is 1. The summed E-state index contributed by atoms with van der Waals surface area (Å²) in [6.07, 6.45) is 1.64. The number of nitrogens with zero attached hydrogens (tertiary/aromatic N) is 1. The molecule has 6 heteroatoms. The number of rotatable bonds is 3. The Morgan fingerprint density at radius 2 is 1.81 bits per heavy atom. The fraction of sp³-hybridized carbons (Fsp3) is 0. The quantitative estimate of drug-likeness (QED) is 0.327. The number of carbonyl (C=O) groups is 1. The lowest BCUT2D eigenvalue weighted by molar-refractivity contribution is 0.0959. The van der Waals surface area contributed by atoms with E-state index in [2.05, 4.69) is 10.5 Å². The Bertz CT molecular complexity index is 1160. The summed E-state index contributed by atoms with van der Waals surface area (Å²) in [6, 6.07) is 19.3. The molecule has 26 heavy (non-hydrogen) atoms. The maximum absolute atomic E-state index is 12.4. The molecule has 0 aliphatic rings. The highest BCUT2D eigenvalue weighted by Gasteiger charge is 2.16. The van der Waals surface area contributed by atoms with Gasteiger partial charge in [0.2, 0.25) is 0 Å². The van der Waals surface area contributed by atoms with Gasteiger partial charge in [0, 0.05) is 20.7 Å². The lowest BCUT2D eigenvalue weighted by Crippen LogP contribution is -2.16. The van der Waals surface area contributed by atoms with Gasteiger partial charge < -0.3 is 0 Å². The fourth-order valence-electron chi connectivity index (χ4n) is 2.76. The summed E-state index contributed by atoms with van der Waals surface area (Å²) in [7, 11) is 0. The van der Waals surface area contributed by atoms with E-state index in [1.165, 1.54) is 11.3 Å². The Morgan fingerprint density at radius 3 is 2.69 bits per heavy atom. The summed E-state index contributed by atoms with van der Waals surface area (Å²) in [4.78, 5) is 12.9. The zero-order chi connectivity index (χ0) is 18.1. The van der Waals surface area contributed by atoms with Crippen molar-refractivity contribution < 1.29 is 4.79 Å². The first kappa shape index (κ1) is 17.0. The van der Waals surface area contributed by atoms with Gasteiger partial charge in [-0.1, -0.05) is 71.7 Å². The Morgan fingerprint density at radius 1 is 1.00 bits per heavy atom. The second-order valence-electron chi connectivity index (χ2n) is 5.65. The second kappa shape index (κ2) is 7.08. The third kappa shape index (κ3) is 3.19. The van der Waals surface area contributed by atoms with E-state index in [0.717, 1.165) is 26.4 Å². The largest absolute Gasteiger partial charge is 0.283 e. The topological polar surface area (TPSA) is 41.5 Å². The normalized spacial score (nSPS) is 11.5. The van der Waals surface area contributed by atoms with Crippen molar-refractivity contribution in [2.75, 3.05) is 0 Å². The minimum atomic E-state index is -0.344. The molecule has 0 saturated carbocycles. The van der Waals surface area contributed by atoms with Crippen molar-refractivity contribution in [1.29, 1.82) is 0 Å². The van der Waals surface area contributed by atoms with Gasteiger partial charge in [-0.15, -0.1) is 11.3 Å². The van der Waals surface area contributed by atoms with Crippen molar-refractivity contribution in [3.8, 4) is 0 Å². The van der Waals surface area contributed by atoms with Crippen molar-refractivity contribution in [3.63, 3.8) is 0 Å².